The van der Waals surface area contributed by atoms with Crippen molar-refractivity contribution in [3.63, 3.8) is 0 Å². The van der Waals surface area contributed by atoms with E-state index >= 15 is 0 Å². The third kappa shape index (κ3) is 2.77. The van der Waals surface area contributed by atoms with Crippen LogP contribution in [0.2, 0.25) is 5.02 Å². The Labute approximate surface area is 139 Å². The molecule has 2 aliphatic heterocycles. The molecule has 120 valence electrons. The van der Waals surface area contributed by atoms with Gasteiger partial charge in [-0.2, -0.15) is 0 Å². The van der Waals surface area contributed by atoms with Gasteiger partial charge in [0.25, 0.3) is 6.29 Å². The van der Waals surface area contributed by atoms with Crippen LogP contribution >= 0.6 is 11.6 Å². The molecule has 0 aliphatic carbocycles. The Morgan fingerprint density at radius 1 is 1.13 bits per heavy atom. The van der Waals surface area contributed by atoms with E-state index < -0.39 is 12.1 Å². The zero-order valence-corrected chi connectivity index (χ0v) is 13.3. The highest BCUT2D eigenvalue weighted by atomic mass is 35.5. The number of fused-ring (bicyclic) bond motifs is 1. The lowest BCUT2D eigenvalue weighted by Gasteiger charge is -2.24. The van der Waals surface area contributed by atoms with Crippen LogP contribution in [0.15, 0.2) is 36.4 Å². The first-order valence-electron chi connectivity index (χ1n) is 7.84. The number of piperidine rings is 1. The summed E-state index contributed by atoms with van der Waals surface area (Å²) < 4.78 is 25.9. The molecule has 2 aliphatic rings. The Balaban J connectivity index is 1.64. The van der Waals surface area contributed by atoms with Crippen molar-refractivity contribution < 1.29 is 13.9 Å². The van der Waals surface area contributed by atoms with Crippen molar-refractivity contribution in [3.8, 4) is 11.5 Å². The van der Waals surface area contributed by atoms with Gasteiger partial charge in [-0.1, -0.05) is 23.7 Å². The van der Waals surface area contributed by atoms with Gasteiger partial charge >= 0.3 is 0 Å². The normalized spacial score (nSPS) is 23.0. The Morgan fingerprint density at radius 3 is 2.83 bits per heavy atom. The predicted octanol–water partition coefficient (Wildman–Crippen LogP) is 4.42. The lowest BCUT2D eigenvalue weighted by atomic mass is 9.91. The summed E-state index contributed by atoms with van der Waals surface area (Å²) in [6.07, 6.45) is 1.50. The molecule has 0 saturated carbocycles. The number of para-hydroxylation sites is 1. The van der Waals surface area contributed by atoms with E-state index in [1.54, 1.807) is 12.1 Å². The summed E-state index contributed by atoms with van der Waals surface area (Å²) in [4.78, 5) is 0. The largest absolute Gasteiger partial charge is 0.447 e. The van der Waals surface area contributed by atoms with Gasteiger partial charge in [0, 0.05) is 23.0 Å². The van der Waals surface area contributed by atoms with Gasteiger partial charge in [0.2, 0.25) is 0 Å². The molecular weight excluding hydrogens is 317 g/mol. The first-order valence-corrected chi connectivity index (χ1v) is 8.22. The monoisotopic (exact) mass is 333 g/mol. The van der Waals surface area contributed by atoms with Gasteiger partial charge in [0.05, 0.1) is 5.56 Å². The number of nitrogens with one attached hydrogen (secondary N) is 1. The first kappa shape index (κ1) is 14.8. The SMILES string of the molecule is Fc1cc(Cl)ccc1[C@H]1Oc2cccc(C3CCCNC3)c2O1. The van der Waals surface area contributed by atoms with E-state index in [1.807, 2.05) is 12.1 Å². The first-order chi connectivity index (χ1) is 11.2. The van der Waals surface area contributed by atoms with Crippen molar-refractivity contribution >= 4 is 11.6 Å². The highest BCUT2D eigenvalue weighted by Crippen LogP contribution is 2.46. The molecular formula is C18H17ClFNO2. The van der Waals surface area contributed by atoms with Crippen LogP contribution in [0.5, 0.6) is 11.5 Å². The zero-order chi connectivity index (χ0) is 15.8. The lowest BCUT2D eigenvalue weighted by Crippen LogP contribution is -2.28. The van der Waals surface area contributed by atoms with Crippen molar-refractivity contribution in [1.82, 2.24) is 5.32 Å². The Bertz CT molecular complexity index is 731. The van der Waals surface area contributed by atoms with E-state index in [2.05, 4.69) is 11.4 Å². The highest BCUT2D eigenvalue weighted by Gasteiger charge is 2.32. The fourth-order valence-electron chi connectivity index (χ4n) is 3.26. The molecule has 1 N–H and O–H groups in total. The summed E-state index contributed by atoms with van der Waals surface area (Å²) in [7, 11) is 0. The van der Waals surface area contributed by atoms with Crippen LogP contribution in [0, 0.1) is 5.82 Å². The van der Waals surface area contributed by atoms with E-state index in [9.17, 15) is 4.39 Å². The average Bonchev–Trinajstić information content (AvgIpc) is 2.99. The second kappa shape index (κ2) is 6.02. The van der Waals surface area contributed by atoms with Crippen molar-refractivity contribution in [2.24, 2.45) is 0 Å². The van der Waals surface area contributed by atoms with Crippen molar-refractivity contribution in [1.29, 1.82) is 0 Å². The van der Waals surface area contributed by atoms with E-state index in [0.29, 0.717) is 22.3 Å². The molecule has 2 heterocycles. The zero-order valence-electron chi connectivity index (χ0n) is 12.5. The summed E-state index contributed by atoms with van der Waals surface area (Å²) in [5, 5.41) is 3.77. The second-order valence-electron chi connectivity index (χ2n) is 5.95. The predicted molar refractivity (Wildman–Crippen MR) is 86.7 cm³/mol. The average molecular weight is 334 g/mol. The van der Waals surface area contributed by atoms with Crippen LogP contribution in [0.4, 0.5) is 4.39 Å². The van der Waals surface area contributed by atoms with Crippen LogP contribution in [0.25, 0.3) is 0 Å². The number of ether oxygens (including phenoxy) is 2. The van der Waals surface area contributed by atoms with Crippen LogP contribution in [0.3, 0.4) is 0 Å². The van der Waals surface area contributed by atoms with Gasteiger partial charge in [0.15, 0.2) is 11.5 Å². The number of benzene rings is 2. The maximum Gasteiger partial charge on any atom is 0.270 e. The molecule has 1 fully saturated rings. The molecule has 4 rings (SSSR count). The van der Waals surface area contributed by atoms with E-state index in [1.165, 1.54) is 6.07 Å². The van der Waals surface area contributed by atoms with Crippen molar-refractivity contribution in [2.75, 3.05) is 13.1 Å². The third-order valence-corrected chi connectivity index (χ3v) is 4.66. The fourth-order valence-corrected chi connectivity index (χ4v) is 3.42. The van der Waals surface area contributed by atoms with Gasteiger partial charge in [-0.3, -0.25) is 0 Å². The number of rotatable bonds is 2. The smallest absolute Gasteiger partial charge is 0.270 e. The van der Waals surface area contributed by atoms with E-state index in [4.69, 9.17) is 21.1 Å². The van der Waals surface area contributed by atoms with Crippen LogP contribution in [-0.4, -0.2) is 13.1 Å². The maximum absolute atomic E-state index is 14.1. The summed E-state index contributed by atoms with van der Waals surface area (Å²) in [6.45, 7) is 1.99. The van der Waals surface area contributed by atoms with Crippen molar-refractivity contribution in [3.05, 3.63) is 58.4 Å². The molecule has 0 spiro atoms. The molecule has 0 bridgehead atoms. The molecule has 2 atom stereocenters. The molecule has 1 unspecified atom stereocenters. The maximum atomic E-state index is 14.1. The molecule has 1 saturated heterocycles. The Morgan fingerprint density at radius 2 is 2.04 bits per heavy atom. The lowest BCUT2D eigenvalue weighted by molar-refractivity contribution is 0.0447. The summed E-state index contributed by atoms with van der Waals surface area (Å²) in [6, 6.07) is 10.4. The second-order valence-corrected chi connectivity index (χ2v) is 6.39. The third-order valence-electron chi connectivity index (χ3n) is 4.42. The van der Waals surface area contributed by atoms with Gasteiger partial charge in [0.1, 0.15) is 5.82 Å². The standard InChI is InChI=1S/C18H17ClFNO2/c19-12-6-7-14(15(20)9-12)18-22-16-5-1-4-13(17(16)23-18)11-3-2-8-21-10-11/h1,4-7,9,11,18,21H,2-3,8,10H2/t11?,18-/m0/s1. The van der Waals surface area contributed by atoms with Gasteiger partial charge in [-0.15, -0.1) is 0 Å². The number of hydrogen-bond acceptors (Lipinski definition) is 3. The quantitative estimate of drug-likeness (QED) is 0.882. The molecule has 0 aromatic heterocycles. The molecule has 0 radical (unpaired) electrons. The minimum absolute atomic E-state index is 0.357. The molecule has 3 nitrogen and oxygen atoms in total. The van der Waals surface area contributed by atoms with Crippen molar-refractivity contribution in [2.45, 2.75) is 25.0 Å². The molecule has 5 heteroatoms. The summed E-state index contributed by atoms with van der Waals surface area (Å²) >= 11 is 5.81. The summed E-state index contributed by atoms with van der Waals surface area (Å²) in [5.41, 5.74) is 1.49. The highest BCUT2D eigenvalue weighted by molar-refractivity contribution is 6.30. The minimum atomic E-state index is -0.764. The number of halogens is 2. The topological polar surface area (TPSA) is 30.5 Å². The van der Waals surface area contributed by atoms with E-state index in [0.717, 1.165) is 37.2 Å². The van der Waals surface area contributed by atoms with Crippen LogP contribution < -0.4 is 14.8 Å². The molecule has 0 amide bonds. The van der Waals surface area contributed by atoms with Gasteiger partial charge < -0.3 is 14.8 Å². The van der Waals surface area contributed by atoms with Crippen LogP contribution in [0.1, 0.15) is 36.2 Å². The number of hydrogen-bond donors (Lipinski definition) is 1. The Kier molecular flexibility index (Phi) is 3.87. The molecule has 23 heavy (non-hydrogen) atoms. The van der Waals surface area contributed by atoms with E-state index in [-0.39, 0.29) is 0 Å². The van der Waals surface area contributed by atoms with Gasteiger partial charge in [-0.25, -0.2) is 4.39 Å². The van der Waals surface area contributed by atoms with Gasteiger partial charge in [-0.05, 0) is 43.7 Å². The molecule has 2 aromatic rings. The van der Waals surface area contributed by atoms with Crippen LogP contribution in [-0.2, 0) is 0 Å². The molecule has 2 aromatic carbocycles. The Hall–Kier alpha value is -1.78. The minimum Gasteiger partial charge on any atom is -0.447 e. The summed E-state index contributed by atoms with van der Waals surface area (Å²) in [5.74, 6) is 1.39. The fraction of sp³-hybridized carbons (Fsp3) is 0.333.